The first-order valence-corrected chi connectivity index (χ1v) is 5.43. The van der Waals surface area contributed by atoms with Crippen LogP contribution >= 0.6 is 0 Å². The fourth-order valence-corrected chi connectivity index (χ4v) is 1.51. The predicted octanol–water partition coefficient (Wildman–Crippen LogP) is 3.74. The number of aliphatic hydroxyl groups excluding tert-OH is 1. The first-order chi connectivity index (χ1) is 7.31. The van der Waals surface area contributed by atoms with E-state index in [-0.39, 0.29) is 5.56 Å². The molecule has 1 N–H and O–H groups in total. The topological polar surface area (TPSA) is 20.2 Å². The van der Waals surface area contributed by atoms with Crippen LogP contribution in [-0.2, 0) is 0 Å². The lowest BCUT2D eigenvalue weighted by atomic mass is 9.80. The molecule has 1 rings (SSSR count). The maximum absolute atomic E-state index is 13.8. The third-order valence-corrected chi connectivity index (χ3v) is 3.24. The molecule has 0 aromatic heterocycles. The van der Waals surface area contributed by atoms with Crippen LogP contribution in [0.2, 0.25) is 0 Å². The molecule has 16 heavy (non-hydrogen) atoms. The molecule has 1 unspecified atom stereocenters. The summed E-state index contributed by atoms with van der Waals surface area (Å²) < 4.78 is 27.3. The molecular formula is C13H18F2O. The van der Waals surface area contributed by atoms with E-state index in [1.807, 2.05) is 6.92 Å². The quantitative estimate of drug-likeness (QED) is 0.835. The molecule has 1 nitrogen and oxygen atoms in total. The van der Waals surface area contributed by atoms with E-state index in [9.17, 15) is 13.9 Å². The highest BCUT2D eigenvalue weighted by Crippen LogP contribution is 2.38. The first kappa shape index (κ1) is 13.1. The average molecular weight is 228 g/mol. The zero-order chi connectivity index (χ0) is 12.5. The lowest BCUT2D eigenvalue weighted by molar-refractivity contribution is 0.0404. The lowest BCUT2D eigenvalue weighted by Crippen LogP contribution is -2.23. The van der Waals surface area contributed by atoms with Crippen molar-refractivity contribution in [3.8, 4) is 0 Å². The third-order valence-electron chi connectivity index (χ3n) is 3.24. The summed E-state index contributed by atoms with van der Waals surface area (Å²) in [4.78, 5) is 0. The monoisotopic (exact) mass is 228 g/mol. The molecule has 1 atom stereocenters. The molecule has 0 saturated heterocycles. The maximum Gasteiger partial charge on any atom is 0.134 e. The molecule has 0 radical (unpaired) electrons. The van der Waals surface area contributed by atoms with E-state index < -0.39 is 23.2 Å². The molecular weight excluding hydrogens is 210 g/mol. The Morgan fingerprint density at radius 1 is 1.31 bits per heavy atom. The van der Waals surface area contributed by atoms with Crippen molar-refractivity contribution in [2.45, 2.75) is 40.2 Å². The summed E-state index contributed by atoms with van der Waals surface area (Å²) in [6.07, 6.45) is -0.488. The summed E-state index contributed by atoms with van der Waals surface area (Å²) in [6, 6.07) is 2.57. The Morgan fingerprint density at radius 2 is 1.88 bits per heavy atom. The van der Waals surface area contributed by atoms with Crippen LogP contribution in [0.15, 0.2) is 12.1 Å². The van der Waals surface area contributed by atoms with Crippen LogP contribution in [-0.4, -0.2) is 5.11 Å². The predicted molar refractivity (Wildman–Crippen MR) is 60.1 cm³/mol. The molecule has 1 aromatic rings. The van der Waals surface area contributed by atoms with Crippen LogP contribution in [0, 0.1) is 24.0 Å². The largest absolute Gasteiger partial charge is 0.388 e. The highest BCUT2D eigenvalue weighted by atomic mass is 19.1. The molecule has 90 valence electrons. The van der Waals surface area contributed by atoms with Gasteiger partial charge in [0.1, 0.15) is 11.6 Å². The van der Waals surface area contributed by atoms with Gasteiger partial charge in [-0.3, -0.25) is 0 Å². The van der Waals surface area contributed by atoms with Crippen molar-refractivity contribution >= 4 is 0 Å². The van der Waals surface area contributed by atoms with E-state index in [1.165, 1.54) is 12.1 Å². The number of halogens is 2. The van der Waals surface area contributed by atoms with Crippen molar-refractivity contribution in [3.63, 3.8) is 0 Å². The molecule has 0 heterocycles. The molecule has 0 amide bonds. The summed E-state index contributed by atoms with van der Waals surface area (Å²) in [7, 11) is 0. The second kappa shape index (κ2) is 4.50. The number of aliphatic hydroxyl groups is 1. The van der Waals surface area contributed by atoms with Crippen molar-refractivity contribution < 1.29 is 13.9 Å². The zero-order valence-corrected chi connectivity index (χ0v) is 10.1. The number of rotatable bonds is 3. The summed E-state index contributed by atoms with van der Waals surface area (Å²) >= 11 is 0. The van der Waals surface area contributed by atoms with Gasteiger partial charge in [0.25, 0.3) is 0 Å². The smallest absolute Gasteiger partial charge is 0.134 e. The second-order valence-electron chi connectivity index (χ2n) is 4.84. The standard InChI is InChI=1S/C13H18F2O/c1-5-13(3,4)12(16)10-9(14)7-6-8(2)11(10)15/h6-7,12,16H,5H2,1-4H3. The normalized spacial score (nSPS) is 13.9. The Labute approximate surface area is 95.1 Å². The van der Waals surface area contributed by atoms with Crippen molar-refractivity contribution in [3.05, 3.63) is 34.9 Å². The first-order valence-electron chi connectivity index (χ1n) is 5.43. The van der Waals surface area contributed by atoms with Crippen LogP contribution in [0.1, 0.15) is 44.4 Å². The van der Waals surface area contributed by atoms with Gasteiger partial charge in [0.05, 0.1) is 11.7 Å². The van der Waals surface area contributed by atoms with Gasteiger partial charge in [-0.1, -0.05) is 26.8 Å². The van der Waals surface area contributed by atoms with Crippen LogP contribution in [0.4, 0.5) is 8.78 Å². The molecule has 0 aliphatic rings. The summed E-state index contributed by atoms with van der Waals surface area (Å²) in [6.45, 7) is 7.02. The summed E-state index contributed by atoms with van der Waals surface area (Å²) in [5.74, 6) is -1.33. The summed E-state index contributed by atoms with van der Waals surface area (Å²) in [5, 5.41) is 10.1. The second-order valence-corrected chi connectivity index (χ2v) is 4.84. The Kier molecular flexibility index (Phi) is 3.68. The van der Waals surface area contributed by atoms with E-state index >= 15 is 0 Å². The Hall–Kier alpha value is -0.960. The molecule has 0 aliphatic carbocycles. The zero-order valence-electron chi connectivity index (χ0n) is 10.1. The fraction of sp³-hybridized carbons (Fsp3) is 0.538. The van der Waals surface area contributed by atoms with Crippen molar-refractivity contribution in [2.24, 2.45) is 5.41 Å². The minimum Gasteiger partial charge on any atom is -0.388 e. The minimum atomic E-state index is -1.13. The third kappa shape index (κ3) is 2.24. The Morgan fingerprint density at radius 3 is 2.38 bits per heavy atom. The Bertz CT molecular complexity index is 386. The van der Waals surface area contributed by atoms with Gasteiger partial charge in [0.15, 0.2) is 0 Å². The van der Waals surface area contributed by atoms with E-state index in [2.05, 4.69) is 0 Å². The van der Waals surface area contributed by atoms with E-state index in [4.69, 9.17) is 0 Å². The number of benzene rings is 1. The molecule has 0 saturated carbocycles. The van der Waals surface area contributed by atoms with Crippen LogP contribution in [0.3, 0.4) is 0 Å². The molecule has 1 aromatic carbocycles. The SMILES string of the molecule is CCC(C)(C)C(O)c1c(F)ccc(C)c1F. The average Bonchev–Trinajstić information content (AvgIpc) is 2.24. The molecule has 0 aliphatic heterocycles. The number of hydrogen-bond donors (Lipinski definition) is 1. The van der Waals surface area contributed by atoms with E-state index in [0.29, 0.717) is 12.0 Å². The highest BCUT2D eigenvalue weighted by Gasteiger charge is 2.32. The molecule has 0 bridgehead atoms. The lowest BCUT2D eigenvalue weighted by Gasteiger charge is -2.30. The highest BCUT2D eigenvalue weighted by molar-refractivity contribution is 5.29. The number of aryl methyl sites for hydroxylation is 1. The van der Waals surface area contributed by atoms with E-state index in [1.54, 1.807) is 20.8 Å². The van der Waals surface area contributed by atoms with Gasteiger partial charge in [0, 0.05) is 0 Å². The van der Waals surface area contributed by atoms with E-state index in [0.717, 1.165) is 0 Å². The van der Waals surface area contributed by atoms with Crippen LogP contribution < -0.4 is 0 Å². The van der Waals surface area contributed by atoms with Crippen LogP contribution in [0.5, 0.6) is 0 Å². The Balaban J connectivity index is 3.28. The van der Waals surface area contributed by atoms with Gasteiger partial charge < -0.3 is 5.11 Å². The summed E-state index contributed by atoms with van der Waals surface area (Å²) in [5.41, 5.74) is -0.413. The van der Waals surface area contributed by atoms with Gasteiger partial charge in [0.2, 0.25) is 0 Å². The molecule has 0 fully saturated rings. The fourth-order valence-electron chi connectivity index (χ4n) is 1.51. The van der Waals surface area contributed by atoms with Gasteiger partial charge in [-0.15, -0.1) is 0 Å². The van der Waals surface area contributed by atoms with Crippen LogP contribution in [0.25, 0.3) is 0 Å². The van der Waals surface area contributed by atoms with Gasteiger partial charge in [-0.25, -0.2) is 8.78 Å². The van der Waals surface area contributed by atoms with Gasteiger partial charge in [-0.2, -0.15) is 0 Å². The van der Waals surface area contributed by atoms with Gasteiger partial charge in [-0.05, 0) is 30.4 Å². The maximum atomic E-state index is 13.8. The minimum absolute atomic E-state index is 0.216. The molecule has 0 spiro atoms. The molecule has 3 heteroatoms. The van der Waals surface area contributed by atoms with Crippen molar-refractivity contribution in [1.29, 1.82) is 0 Å². The van der Waals surface area contributed by atoms with Crippen molar-refractivity contribution in [2.75, 3.05) is 0 Å². The van der Waals surface area contributed by atoms with Crippen molar-refractivity contribution in [1.82, 2.24) is 0 Å². The van der Waals surface area contributed by atoms with Gasteiger partial charge >= 0.3 is 0 Å². The number of hydrogen-bond acceptors (Lipinski definition) is 1.